The van der Waals surface area contributed by atoms with Crippen molar-refractivity contribution >= 4 is 17.7 Å². The highest BCUT2D eigenvalue weighted by molar-refractivity contribution is 7.99. The van der Waals surface area contributed by atoms with Crippen molar-refractivity contribution in [3.05, 3.63) is 96.2 Å². The summed E-state index contributed by atoms with van der Waals surface area (Å²) in [7, 11) is 0. The Labute approximate surface area is 180 Å². The molecule has 4 rings (SSSR count). The zero-order valence-electron chi connectivity index (χ0n) is 16.9. The summed E-state index contributed by atoms with van der Waals surface area (Å²) in [6.07, 6.45) is 2.00. The highest BCUT2D eigenvalue weighted by atomic mass is 32.2. The van der Waals surface area contributed by atoms with E-state index >= 15 is 0 Å². The minimum Gasteiger partial charge on any atom is -0.426 e. The molecule has 0 unspecified atom stereocenters. The van der Waals surface area contributed by atoms with Gasteiger partial charge < -0.3 is 4.74 Å². The standard InChI is InChI=1S/C25H22N2O2S/c1-18-13-14-23(19(2)15-18)29-24(28)17-30-25-26-22(20-9-5-3-6-10-20)16-27(25)21-11-7-4-8-12-21/h3-16H,17H2,1-2H3. The van der Waals surface area contributed by atoms with Crippen LogP contribution in [0.5, 0.6) is 5.75 Å². The summed E-state index contributed by atoms with van der Waals surface area (Å²) in [5.74, 6) is 0.476. The molecule has 0 atom stereocenters. The highest BCUT2D eigenvalue weighted by Gasteiger charge is 2.15. The highest BCUT2D eigenvalue weighted by Crippen LogP contribution is 2.28. The van der Waals surface area contributed by atoms with Crippen molar-refractivity contribution < 1.29 is 9.53 Å². The van der Waals surface area contributed by atoms with Crippen LogP contribution in [-0.2, 0) is 4.79 Å². The zero-order valence-corrected chi connectivity index (χ0v) is 17.7. The van der Waals surface area contributed by atoms with Crippen molar-refractivity contribution in [3.8, 4) is 22.7 Å². The van der Waals surface area contributed by atoms with E-state index in [2.05, 4.69) is 0 Å². The van der Waals surface area contributed by atoms with Crippen molar-refractivity contribution in [2.24, 2.45) is 0 Å². The fraction of sp³-hybridized carbons (Fsp3) is 0.120. The predicted octanol–water partition coefficient (Wildman–Crippen LogP) is 5.85. The number of ether oxygens (including phenoxy) is 1. The van der Waals surface area contributed by atoms with Crippen LogP contribution in [0.2, 0.25) is 0 Å². The molecule has 0 fully saturated rings. The molecule has 0 aliphatic rings. The van der Waals surface area contributed by atoms with E-state index < -0.39 is 0 Å². The fourth-order valence-electron chi connectivity index (χ4n) is 3.18. The first-order valence-electron chi connectivity index (χ1n) is 9.71. The number of carbonyl (C=O) groups is 1. The largest absolute Gasteiger partial charge is 0.426 e. The van der Waals surface area contributed by atoms with E-state index in [0.717, 1.165) is 33.2 Å². The molecule has 5 heteroatoms. The zero-order chi connectivity index (χ0) is 20.9. The quantitative estimate of drug-likeness (QED) is 0.225. The van der Waals surface area contributed by atoms with Crippen molar-refractivity contribution in [1.29, 1.82) is 0 Å². The van der Waals surface area contributed by atoms with E-state index in [0.29, 0.717) is 5.75 Å². The minimum absolute atomic E-state index is 0.172. The third kappa shape index (κ3) is 4.63. The molecule has 0 N–H and O–H groups in total. The van der Waals surface area contributed by atoms with Gasteiger partial charge in [0.1, 0.15) is 5.75 Å². The van der Waals surface area contributed by atoms with Gasteiger partial charge in [-0.2, -0.15) is 0 Å². The van der Waals surface area contributed by atoms with Gasteiger partial charge >= 0.3 is 5.97 Å². The number of para-hydroxylation sites is 1. The smallest absolute Gasteiger partial charge is 0.321 e. The van der Waals surface area contributed by atoms with Gasteiger partial charge in [-0.3, -0.25) is 9.36 Å². The van der Waals surface area contributed by atoms with E-state index in [1.165, 1.54) is 11.8 Å². The molecule has 0 spiro atoms. The Morgan fingerprint density at radius 3 is 2.37 bits per heavy atom. The molecule has 0 saturated carbocycles. The number of imidazole rings is 1. The molecule has 1 heterocycles. The first-order valence-corrected chi connectivity index (χ1v) is 10.7. The van der Waals surface area contributed by atoms with E-state index in [4.69, 9.17) is 9.72 Å². The average molecular weight is 415 g/mol. The first-order chi connectivity index (χ1) is 14.6. The lowest BCUT2D eigenvalue weighted by molar-refractivity contribution is -0.131. The Hall–Kier alpha value is -3.31. The summed E-state index contributed by atoms with van der Waals surface area (Å²) in [5, 5.41) is 0.748. The van der Waals surface area contributed by atoms with Gasteiger partial charge in [0.05, 0.1) is 11.4 Å². The van der Waals surface area contributed by atoms with Crippen molar-refractivity contribution in [1.82, 2.24) is 9.55 Å². The van der Waals surface area contributed by atoms with Gasteiger partial charge in [0.2, 0.25) is 0 Å². The Balaban J connectivity index is 1.55. The maximum absolute atomic E-state index is 12.5. The Morgan fingerprint density at radius 1 is 0.967 bits per heavy atom. The summed E-state index contributed by atoms with van der Waals surface area (Å²) in [5.41, 5.74) is 4.99. The van der Waals surface area contributed by atoms with Gasteiger partial charge in [0.25, 0.3) is 0 Å². The van der Waals surface area contributed by atoms with Gasteiger partial charge in [-0.1, -0.05) is 78.0 Å². The van der Waals surface area contributed by atoms with Crippen LogP contribution in [0.3, 0.4) is 0 Å². The molecule has 150 valence electrons. The number of thioether (sulfide) groups is 1. The molecular formula is C25H22N2O2S. The monoisotopic (exact) mass is 414 g/mol. The van der Waals surface area contributed by atoms with Crippen molar-refractivity contribution in [3.63, 3.8) is 0 Å². The topological polar surface area (TPSA) is 44.1 Å². The van der Waals surface area contributed by atoms with Gasteiger partial charge in [0.15, 0.2) is 5.16 Å². The third-order valence-electron chi connectivity index (χ3n) is 4.65. The van der Waals surface area contributed by atoms with Gasteiger partial charge in [-0.25, -0.2) is 4.98 Å². The second kappa shape index (κ2) is 9.01. The second-order valence-corrected chi connectivity index (χ2v) is 7.95. The predicted molar refractivity (Wildman–Crippen MR) is 121 cm³/mol. The molecule has 0 bridgehead atoms. The first kappa shape index (κ1) is 20.0. The Bertz CT molecular complexity index is 1150. The number of hydrogen-bond donors (Lipinski definition) is 0. The molecule has 0 amide bonds. The molecule has 0 aliphatic heterocycles. The van der Waals surface area contributed by atoms with Gasteiger partial charge in [-0.05, 0) is 37.6 Å². The number of hydrogen-bond acceptors (Lipinski definition) is 4. The second-order valence-electron chi connectivity index (χ2n) is 7.01. The molecule has 4 nitrogen and oxygen atoms in total. The number of benzene rings is 3. The Morgan fingerprint density at radius 2 is 1.67 bits per heavy atom. The van der Waals surface area contributed by atoms with Crippen LogP contribution in [0.4, 0.5) is 0 Å². The Kier molecular flexibility index (Phi) is 6.00. The van der Waals surface area contributed by atoms with Crippen LogP contribution >= 0.6 is 11.8 Å². The molecule has 3 aromatic carbocycles. The van der Waals surface area contributed by atoms with Gasteiger partial charge in [-0.15, -0.1) is 0 Å². The van der Waals surface area contributed by atoms with Crippen LogP contribution < -0.4 is 4.74 Å². The molecular weight excluding hydrogens is 392 g/mol. The number of rotatable bonds is 6. The summed E-state index contributed by atoms with van der Waals surface area (Å²) in [6.45, 7) is 3.96. The molecule has 1 aromatic heterocycles. The summed E-state index contributed by atoms with van der Waals surface area (Å²) >= 11 is 1.37. The molecule has 30 heavy (non-hydrogen) atoms. The molecule has 4 aromatic rings. The van der Waals surface area contributed by atoms with E-state index in [-0.39, 0.29) is 11.7 Å². The van der Waals surface area contributed by atoms with Crippen LogP contribution in [-0.4, -0.2) is 21.3 Å². The van der Waals surface area contributed by atoms with E-state index in [1.54, 1.807) is 0 Å². The summed E-state index contributed by atoms with van der Waals surface area (Å²) in [4.78, 5) is 17.3. The average Bonchev–Trinajstić information content (AvgIpc) is 3.20. The van der Waals surface area contributed by atoms with Crippen LogP contribution in [0, 0.1) is 13.8 Å². The normalized spacial score (nSPS) is 10.7. The van der Waals surface area contributed by atoms with Crippen molar-refractivity contribution in [2.75, 3.05) is 5.75 Å². The fourth-order valence-corrected chi connectivity index (χ4v) is 3.94. The van der Waals surface area contributed by atoms with E-state index in [1.807, 2.05) is 103 Å². The summed E-state index contributed by atoms with van der Waals surface area (Å²) < 4.78 is 7.57. The van der Waals surface area contributed by atoms with Crippen LogP contribution in [0.15, 0.2) is 90.2 Å². The van der Waals surface area contributed by atoms with Gasteiger partial charge in [0, 0.05) is 17.4 Å². The number of esters is 1. The lowest BCUT2D eigenvalue weighted by Gasteiger charge is -2.09. The molecule has 0 aliphatic carbocycles. The van der Waals surface area contributed by atoms with Crippen LogP contribution in [0.25, 0.3) is 16.9 Å². The van der Waals surface area contributed by atoms with E-state index in [9.17, 15) is 4.79 Å². The SMILES string of the molecule is Cc1ccc(OC(=O)CSc2nc(-c3ccccc3)cn2-c2ccccc2)c(C)c1. The summed E-state index contributed by atoms with van der Waals surface area (Å²) in [6, 6.07) is 25.8. The van der Waals surface area contributed by atoms with Crippen LogP contribution in [0.1, 0.15) is 11.1 Å². The lowest BCUT2D eigenvalue weighted by Crippen LogP contribution is -2.12. The maximum Gasteiger partial charge on any atom is 0.321 e. The number of aromatic nitrogens is 2. The number of nitrogens with zero attached hydrogens (tertiary/aromatic N) is 2. The molecule has 0 saturated heterocycles. The number of carbonyl (C=O) groups excluding carboxylic acids is 1. The molecule has 0 radical (unpaired) electrons. The minimum atomic E-state index is -0.296. The maximum atomic E-state index is 12.5. The van der Waals surface area contributed by atoms with Crippen molar-refractivity contribution in [2.45, 2.75) is 19.0 Å². The lowest BCUT2D eigenvalue weighted by atomic mass is 10.1. The number of aryl methyl sites for hydroxylation is 2. The third-order valence-corrected chi connectivity index (χ3v) is 5.58.